The molecule has 0 aliphatic rings. The maximum atomic E-state index is 13.0. The van der Waals surface area contributed by atoms with Crippen LogP contribution in [-0.2, 0) is 11.2 Å². The van der Waals surface area contributed by atoms with Gasteiger partial charge in [-0.15, -0.1) is 0 Å². The molecule has 0 spiro atoms. The Hall–Kier alpha value is -2.33. The molecule has 0 unspecified atom stereocenters. The molecular formula is C19H24F2N2O5S. The smallest absolute Gasteiger partial charge is 0.278 e. The second-order valence-corrected chi connectivity index (χ2v) is 7.09. The van der Waals surface area contributed by atoms with Gasteiger partial charge >= 0.3 is 0 Å². The summed E-state index contributed by atoms with van der Waals surface area (Å²) in [5.74, 6) is -2.25. The Bertz CT molecular complexity index is 884. The number of rotatable bonds is 10. The van der Waals surface area contributed by atoms with Crippen molar-refractivity contribution in [2.75, 3.05) is 13.2 Å². The van der Waals surface area contributed by atoms with E-state index in [0.29, 0.717) is 12.4 Å². The monoisotopic (exact) mass is 430 g/mol. The second kappa shape index (κ2) is 9.93. The summed E-state index contributed by atoms with van der Waals surface area (Å²) in [6.07, 6.45) is 1.41. The van der Waals surface area contributed by atoms with E-state index in [2.05, 4.69) is 4.98 Å². The van der Waals surface area contributed by atoms with E-state index in [1.165, 1.54) is 25.4 Å². The maximum absolute atomic E-state index is 13.0. The standard InChI is InChI=1S/C19H24F2N2O5S/c1-6-26-29-28-15-9-13(27-12(2)3)10-22-17(15)14-7-8-16(23(5)18(14)24)25-11-19(4,20)21/h7-10,12H,6,11H2,1-5H3. The molecule has 0 aromatic carbocycles. The van der Waals surface area contributed by atoms with Crippen LogP contribution in [0.3, 0.4) is 0 Å². The average molecular weight is 430 g/mol. The Morgan fingerprint density at radius 2 is 2.03 bits per heavy atom. The van der Waals surface area contributed by atoms with Crippen LogP contribution in [0.4, 0.5) is 8.78 Å². The van der Waals surface area contributed by atoms with Crippen molar-refractivity contribution in [1.82, 2.24) is 9.55 Å². The highest BCUT2D eigenvalue weighted by molar-refractivity contribution is 7.90. The van der Waals surface area contributed by atoms with Gasteiger partial charge in [0.1, 0.15) is 11.4 Å². The summed E-state index contributed by atoms with van der Waals surface area (Å²) in [5.41, 5.74) is 0.00536. The Labute approximate surface area is 172 Å². The quantitative estimate of drug-likeness (QED) is 0.412. The summed E-state index contributed by atoms with van der Waals surface area (Å²) in [4.78, 5) is 17.1. The lowest BCUT2D eigenvalue weighted by Crippen LogP contribution is -2.26. The molecule has 160 valence electrons. The number of nitrogens with zero attached hydrogens (tertiary/aromatic N) is 2. The van der Waals surface area contributed by atoms with Crippen LogP contribution in [0.5, 0.6) is 17.4 Å². The zero-order valence-corrected chi connectivity index (χ0v) is 17.7. The van der Waals surface area contributed by atoms with Crippen molar-refractivity contribution in [2.24, 2.45) is 7.05 Å². The van der Waals surface area contributed by atoms with Crippen LogP contribution in [0.2, 0.25) is 0 Å². The molecule has 0 saturated carbocycles. The number of aromatic nitrogens is 2. The van der Waals surface area contributed by atoms with Gasteiger partial charge in [-0.3, -0.25) is 13.5 Å². The van der Waals surface area contributed by atoms with Gasteiger partial charge in [-0.2, -0.15) is 0 Å². The minimum absolute atomic E-state index is 0.0196. The van der Waals surface area contributed by atoms with Gasteiger partial charge in [0.05, 0.1) is 24.5 Å². The van der Waals surface area contributed by atoms with E-state index in [1.54, 1.807) is 6.07 Å². The van der Waals surface area contributed by atoms with Crippen LogP contribution in [0, 0.1) is 0 Å². The highest BCUT2D eigenvalue weighted by atomic mass is 32.2. The third-order valence-electron chi connectivity index (χ3n) is 3.48. The van der Waals surface area contributed by atoms with Gasteiger partial charge < -0.3 is 13.7 Å². The molecule has 2 rings (SSSR count). The molecule has 0 atom stereocenters. The molecule has 0 amide bonds. The number of halogens is 2. The van der Waals surface area contributed by atoms with Crippen LogP contribution in [0.25, 0.3) is 11.3 Å². The molecule has 10 heteroatoms. The molecule has 0 N–H and O–H groups in total. The molecule has 0 radical (unpaired) electrons. The number of alkyl halides is 2. The van der Waals surface area contributed by atoms with Gasteiger partial charge in [-0.05, 0) is 32.9 Å². The van der Waals surface area contributed by atoms with Crippen molar-refractivity contribution in [3.8, 4) is 28.6 Å². The fourth-order valence-electron chi connectivity index (χ4n) is 2.28. The molecule has 2 heterocycles. The Kier molecular flexibility index (Phi) is 7.86. The van der Waals surface area contributed by atoms with Crippen LogP contribution in [0.15, 0.2) is 29.2 Å². The van der Waals surface area contributed by atoms with Crippen molar-refractivity contribution < 1.29 is 26.6 Å². The van der Waals surface area contributed by atoms with Crippen molar-refractivity contribution in [3.05, 3.63) is 34.7 Å². The van der Waals surface area contributed by atoms with E-state index in [9.17, 15) is 13.6 Å². The Morgan fingerprint density at radius 3 is 2.66 bits per heavy atom. The van der Waals surface area contributed by atoms with Gasteiger partial charge in [0.25, 0.3) is 11.5 Å². The van der Waals surface area contributed by atoms with E-state index in [1.807, 2.05) is 20.8 Å². The fraction of sp³-hybridized carbons (Fsp3) is 0.474. The summed E-state index contributed by atoms with van der Waals surface area (Å²) in [6, 6.07) is 4.49. The maximum Gasteiger partial charge on any atom is 0.278 e. The topological polar surface area (TPSA) is 71.8 Å². The summed E-state index contributed by atoms with van der Waals surface area (Å²) in [6.45, 7) is 5.88. The summed E-state index contributed by atoms with van der Waals surface area (Å²) >= 11 is 0.754. The molecule has 29 heavy (non-hydrogen) atoms. The zero-order valence-electron chi connectivity index (χ0n) is 16.9. The van der Waals surface area contributed by atoms with Gasteiger partial charge in [-0.25, -0.2) is 13.8 Å². The average Bonchev–Trinajstić information content (AvgIpc) is 2.63. The van der Waals surface area contributed by atoms with Crippen LogP contribution >= 0.6 is 12.3 Å². The molecule has 0 saturated heterocycles. The molecular weight excluding hydrogens is 406 g/mol. The number of pyridine rings is 2. The second-order valence-electron chi connectivity index (χ2n) is 6.55. The molecule has 0 aliphatic carbocycles. The molecule has 2 aromatic heterocycles. The Morgan fingerprint density at radius 1 is 1.31 bits per heavy atom. The van der Waals surface area contributed by atoms with Gasteiger partial charge in [-0.1, -0.05) is 0 Å². The number of hydrogen-bond donors (Lipinski definition) is 0. The lowest BCUT2D eigenvalue weighted by molar-refractivity contribution is -0.0252. The van der Waals surface area contributed by atoms with Crippen molar-refractivity contribution in [1.29, 1.82) is 0 Å². The summed E-state index contributed by atoms with van der Waals surface area (Å²) in [7, 11) is 1.43. The molecule has 0 fully saturated rings. The van der Waals surface area contributed by atoms with Crippen molar-refractivity contribution in [3.63, 3.8) is 0 Å². The summed E-state index contributed by atoms with van der Waals surface area (Å²) in [5, 5.41) is 0. The van der Waals surface area contributed by atoms with E-state index in [4.69, 9.17) is 17.8 Å². The van der Waals surface area contributed by atoms with Gasteiger partial charge in [0.2, 0.25) is 12.3 Å². The Balaban J connectivity index is 2.41. The SMILES string of the molecule is CCOSOc1cc(OC(C)C)cnc1-c1ccc(OCC(C)(F)F)n(C)c1=O. The van der Waals surface area contributed by atoms with E-state index >= 15 is 0 Å². The van der Waals surface area contributed by atoms with Crippen LogP contribution < -0.4 is 19.2 Å². The van der Waals surface area contributed by atoms with Crippen LogP contribution in [0.1, 0.15) is 27.7 Å². The normalized spacial score (nSPS) is 11.6. The van der Waals surface area contributed by atoms with Gasteiger partial charge in [0.15, 0.2) is 18.2 Å². The molecule has 7 nitrogen and oxygen atoms in total. The van der Waals surface area contributed by atoms with E-state index in [-0.39, 0.29) is 29.0 Å². The highest BCUT2D eigenvalue weighted by Gasteiger charge is 2.23. The van der Waals surface area contributed by atoms with Crippen molar-refractivity contribution in [2.45, 2.75) is 39.7 Å². The van der Waals surface area contributed by atoms with Crippen molar-refractivity contribution >= 4 is 12.3 Å². The zero-order chi connectivity index (χ0) is 21.6. The lowest BCUT2D eigenvalue weighted by atomic mass is 10.1. The lowest BCUT2D eigenvalue weighted by Gasteiger charge is -2.16. The fourth-order valence-corrected chi connectivity index (χ4v) is 2.63. The molecule has 2 aromatic rings. The first kappa shape index (κ1) is 23.0. The molecule has 0 aliphatic heterocycles. The predicted octanol–water partition coefficient (Wildman–Crippen LogP) is 4.25. The van der Waals surface area contributed by atoms with Crippen LogP contribution in [-0.4, -0.2) is 34.8 Å². The highest BCUT2D eigenvalue weighted by Crippen LogP contribution is 2.33. The number of hydrogen-bond acceptors (Lipinski definition) is 7. The molecule has 0 bridgehead atoms. The first-order valence-electron chi connectivity index (χ1n) is 8.96. The first-order chi connectivity index (χ1) is 13.6. The predicted molar refractivity (Wildman–Crippen MR) is 107 cm³/mol. The van der Waals surface area contributed by atoms with Gasteiger partial charge in [0, 0.05) is 20.0 Å². The van der Waals surface area contributed by atoms with E-state index < -0.39 is 18.1 Å². The van der Waals surface area contributed by atoms with E-state index in [0.717, 1.165) is 23.8 Å². The minimum atomic E-state index is -3.01. The third kappa shape index (κ3) is 6.60. The first-order valence-corrected chi connectivity index (χ1v) is 9.63. The minimum Gasteiger partial charge on any atom is -0.489 e. The number of ether oxygens (including phenoxy) is 2. The summed E-state index contributed by atoms with van der Waals surface area (Å²) < 4.78 is 48.6. The third-order valence-corrected chi connectivity index (χ3v) is 4.06. The largest absolute Gasteiger partial charge is 0.489 e.